The second-order valence-corrected chi connectivity index (χ2v) is 7.54. The molecule has 0 saturated carbocycles. The van der Waals surface area contributed by atoms with Crippen molar-refractivity contribution in [1.82, 2.24) is 10.2 Å². The van der Waals surface area contributed by atoms with E-state index in [1.165, 1.54) is 18.2 Å². The number of carbonyl (C=O) groups excluding carboxylic acids is 2. The summed E-state index contributed by atoms with van der Waals surface area (Å²) in [5.41, 5.74) is -0.275. The molecule has 2 aliphatic heterocycles. The summed E-state index contributed by atoms with van der Waals surface area (Å²) in [4.78, 5) is 27.3. The minimum atomic E-state index is -0.745. The topological polar surface area (TPSA) is 70.7 Å². The van der Waals surface area contributed by atoms with Crippen LogP contribution in [0, 0.1) is 11.7 Å². The summed E-state index contributed by atoms with van der Waals surface area (Å²) in [5.74, 6) is -0.820. The van der Waals surface area contributed by atoms with E-state index in [0.717, 1.165) is 13.1 Å². The Hall–Kier alpha value is -1.70. The number of halogens is 2. The molecule has 0 atom stereocenters. The number of hydrogen-bond acceptors (Lipinski definition) is 4. The van der Waals surface area contributed by atoms with Crippen molar-refractivity contribution in [3.05, 3.63) is 29.0 Å². The second kappa shape index (κ2) is 8.54. The van der Waals surface area contributed by atoms with Crippen molar-refractivity contribution >= 4 is 29.1 Å². The third-order valence-corrected chi connectivity index (χ3v) is 5.82. The number of rotatable bonds is 4. The smallest absolute Gasteiger partial charge is 0.254 e. The van der Waals surface area contributed by atoms with E-state index in [4.69, 9.17) is 16.3 Å². The molecule has 148 valence electrons. The van der Waals surface area contributed by atoms with E-state index in [-0.39, 0.29) is 22.8 Å². The fourth-order valence-corrected chi connectivity index (χ4v) is 3.97. The first-order chi connectivity index (χ1) is 12.9. The van der Waals surface area contributed by atoms with Crippen LogP contribution in [-0.4, -0.2) is 55.6 Å². The number of methoxy groups -OCH3 is 1. The van der Waals surface area contributed by atoms with Crippen LogP contribution in [0.3, 0.4) is 0 Å². The molecule has 0 aliphatic carbocycles. The van der Waals surface area contributed by atoms with E-state index in [0.29, 0.717) is 44.5 Å². The van der Waals surface area contributed by atoms with Crippen molar-refractivity contribution in [2.45, 2.75) is 31.3 Å². The van der Waals surface area contributed by atoms with Crippen LogP contribution in [0.1, 0.15) is 25.7 Å². The summed E-state index contributed by atoms with van der Waals surface area (Å²) < 4.78 is 18.8. The van der Waals surface area contributed by atoms with Gasteiger partial charge in [0.05, 0.1) is 5.02 Å². The molecule has 2 N–H and O–H groups in total. The molecule has 1 aromatic carbocycles. The fraction of sp³-hybridized carbons (Fsp3) is 0.579. The van der Waals surface area contributed by atoms with Gasteiger partial charge in [-0.05, 0) is 57.0 Å². The largest absolute Gasteiger partial charge is 0.368 e. The first-order valence-electron chi connectivity index (χ1n) is 9.26. The molecular formula is C19H25ClFN3O3. The van der Waals surface area contributed by atoms with Crippen LogP contribution < -0.4 is 10.6 Å². The van der Waals surface area contributed by atoms with E-state index >= 15 is 0 Å². The molecule has 2 heterocycles. The summed E-state index contributed by atoms with van der Waals surface area (Å²) >= 11 is 5.75. The lowest BCUT2D eigenvalue weighted by Gasteiger charge is -2.41. The Bertz CT molecular complexity index is 701. The van der Waals surface area contributed by atoms with E-state index in [9.17, 15) is 14.0 Å². The molecule has 0 bridgehead atoms. The molecule has 0 radical (unpaired) electrons. The van der Waals surface area contributed by atoms with Gasteiger partial charge in [0.1, 0.15) is 11.4 Å². The highest BCUT2D eigenvalue weighted by Crippen LogP contribution is 2.28. The van der Waals surface area contributed by atoms with E-state index in [1.807, 2.05) is 4.90 Å². The number of nitrogens with one attached hydrogen (secondary N) is 2. The first kappa shape index (κ1) is 20.0. The molecule has 2 aliphatic rings. The van der Waals surface area contributed by atoms with Gasteiger partial charge < -0.3 is 20.3 Å². The summed E-state index contributed by atoms with van der Waals surface area (Å²) in [7, 11) is 1.59. The van der Waals surface area contributed by atoms with Crippen LogP contribution in [0.2, 0.25) is 5.02 Å². The third-order valence-electron chi connectivity index (χ3n) is 5.53. The standard InChI is InChI=1S/C19H25ClFN3O3/c1-27-19(6-8-22-9-7-19)18(26)24-10-4-13(5-11-24)17(25)23-14-2-3-16(21)15(20)12-14/h2-3,12-13,22H,4-11H2,1H3,(H,23,25). The number of ether oxygens (including phenoxy) is 1. The Morgan fingerprint density at radius 3 is 2.56 bits per heavy atom. The maximum Gasteiger partial charge on any atom is 0.254 e. The van der Waals surface area contributed by atoms with Crippen LogP contribution in [0.25, 0.3) is 0 Å². The zero-order chi connectivity index (χ0) is 19.4. The van der Waals surface area contributed by atoms with Gasteiger partial charge in [0, 0.05) is 31.8 Å². The van der Waals surface area contributed by atoms with E-state index in [2.05, 4.69) is 10.6 Å². The molecule has 2 fully saturated rings. The number of nitrogens with zero attached hydrogens (tertiary/aromatic N) is 1. The average molecular weight is 398 g/mol. The summed E-state index contributed by atoms with van der Waals surface area (Å²) in [6.07, 6.45) is 2.50. The van der Waals surface area contributed by atoms with Gasteiger partial charge in [-0.1, -0.05) is 11.6 Å². The quantitative estimate of drug-likeness (QED) is 0.818. The number of likely N-dealkylation sites (tertiary alicyclic amines) is 1. The van der Waals surface area contributed by atoms with E-state index < -0.39 is 11.4 Å². The Balaban J connectivity index is 1.55. The minimum Gasteiger partial charge on any atom is -0.368 e. The van der Waals surface area contributed by atoms with Gasteiger partial charge in [-0.15, -0.1) is 0 Å². The van der Waals surface area contributed by atoms with Gasteiger partial charge in [-0.25, -0.2) is 4.39 Å². The van der Waals surface area contributed by atoms with Crippen molar-refractivity contribution in [2.24, 2.45) is 5.92 Å². The first-order valence-corrected chi connectivity index (χ1v) is 9.64. The fourth-order valence-electron chi connectivity index (χ4n) is 3.79. The SMILES string of the molecule is COC1(C(=O)N2CCC(C(=O)Nc3ccc(F)c(Cl)c3)CC2)CCNCC1. The van der Waals surface area contributed by atoms with Gasteiger partial charge in [0.2, 0.25) is 5.91 Å². The lowest BCUT2D eigenvalue weighted by Crippen LogP contribution is -2.57. The number of hydrogen-bond donors (Lipinski definition) is 2. The molecule has 0 unspecified atom stereocenters. The number of piperidine rings is 2. The lowest BCUT2D eigenvalue weighted by atomic mass is 9.88. The van der Waals surface area contributed by atoms with Crippen LogP contribution in [-0.2, 0) is 14.3 Å². The Morgan fingerprint density at radius 1 is 1.30 bits per heavy atom. The summed E-state index contributed by atoms with van der Waals surface area (Å²) in [6, 6.07) is 4.10. The van der Waals surface area contributed by atoms with Crippen LogP contribution in [0.15, 0.2) is 18.2 Å². The molecule has 3 rings (SSSR count). The number of carbonyl (C=O) groups is 2. The Morgan fingerprint density at radius 2 is 1.96 bits per heavy atom. The normalized spacial score (nSPS) is 20.3. The van der Waals surface area contributed by atoms with Crippen molar-refractivity contribution < 1.29 is 18.7 Å². The van der Waals surface area contributed by atoms with Crippen LogP contribution >= 0.6 is 11.6 Å². The summed E-state index contributed by atoms with van der Waals surface area (Å²) in [5, 5.41) is 6.00. The maximum atomic E-state index is 13.2. The van der Waals surface area contributed by atoms with Gasteiger partial charge in [0.15, 0.2) is 0 Å². The molecule has 1 aromatic rings. The van der Waals surface area contributed by atoms with Crippen LogP contribution in [0.5, 0.6) is 0 Å². The van der Waals surface area contributed by atoms with Crippen LogP contribution in [0.4, 0.5) is 10.1 Å². The molecule has 6 nitrogen and oxygen atoms in total. The second-order valence-electron chi connectivity index (χ2n) is 7.13. The zero-order valence-electron chi connectivity index (χ0n) is 15.4. The highest BCUT2D eigenvalue weighted by Gasteiger charge is 2.43. The van der Waals surface area contributed by atoms with Crippen molar-refractivity contribution in [1.29, 1.82) is 0 Å². The maximum absolute atomic E-state index is 13.2. The molecule has 8 heteroatoms. The van der Waals surface area contributed by atoms with Crippen molar-refractivity contribution in [2.75, 3.05) is 38.6 Å². The van der Waals surface area contributed by atoms with Crippen molar-refractivity contribution in [3.63, 3.8) is 0 Å². The van der Waals surface area contributed by atoms with E-state index in [1.54, 1.807) is 7.11 Å². The lowest BCUT2D eigenvalue weighted by molar-refractivity contribution is -0.160. The number of amides is 2. The molecule has 2 amide bonds. The Kier molecular flexibility index (Phi) is 6.34. The highest BCUT2D eigenvalue weighted by atomic mass is 35.5. The molecular weight excluding hydrogens is 373 g/mol. The third kappa shape index (κ3) is 4.42. The monoisotopic (exact) mass is 397 g/mol. The van der Waals surface area contributed by atoms with Gasteiger partial charge in [-0.3, -0.25) is 9.59 Å². The van der Waals surface area contributed by atoms with Gasteiger partial charge in [0.25, 0.3) is 5.91 Å². The molecule has 0 aromatic heterocycles. The summed E-state index contributed by atoms with van der Waals surface area (Å²) in [6.45, 7) is 2.58. The highest BCUT2D eigenvalue weighted by molar-refractivity contribution is 6.31. The number of anilines is 1. The zero-order valence-corrected chi connectivity index (χ0v) is 16.2. The predicted octanol–water partition coefficient (Wildman–Crippen LogP) is 2.42. The minimum absolute atomic E-state index is 0.0238. The number of benzene rings is 1. The average Bonchev–Trinajstić information content (AvgIpc) is 2.71. The van der Waals surface area contributed by atoms with Crippen molar-refractivity contribution in [3.8, 4) is 0 Å². The van der Waals surface area contributed by atoms with Gasteiger partial charge >= 0.3 is 0 Å². The molecule has 0 spiro atoms. The predicted molar refractivity (Wildman–Crippen MR) is 101 cm³/mol. The molecule has 2 saturated heterocycles. The molecule has 27 heavy (non-hydrogen) atoms. The van der Waals surface area contributed by atoms with Gasteiger partial charge in [-0.2, -0.15) is 0 Å². The Labute approximate surface area is 163 Å².